The van der Waals surface area contributed by atoms with Crippen molar-refractivity contribution in [2.24, 2.45) is 11.8 Å². The van der Waals surface area contributed by atoms with Crippen molar-refractivity contribution in [2.75, 3.05) is 26.4 Å². The predicted molar refractivity (Wildman–Crippen MR) is 69.3 cm³/mol. The number of hydrogen-bond donors (Lipinski definition) is 1. The van der Waals surface area contributed by atoms with E-state index in [0.717, 1.165) is 13.0 Å². The van der Waals surface area contributed by atoms with Crippen LogP contribution in [0.3, 0.4) is 0 Å². The average molecular weight is 255 g/mol. The van der Waals surface area contributed by atoms with Crippen LogP contribution in [-0.4, -0.2) is 38.4 Å². The second kappa shape index (κ2) is 7.10. The molecule has 2 fully saturated rings. The van der Waals surface area contributed by atoms with Gasteiger partial charge in [0.2, 0.25) is 0 Å². The molecule has 2 atom stereocenters. The summed E-state index contributed by atoms with van der Waals surface area (Å²) in [5.74, 6) is 0.407. The zero-order valence-corrected chi connectivity index (χ0v) is 11.3. The monoisotopic (exact) mass is 255 g/mol. The number of nitrogens with one attached hydrogen (secondary N) is 1. The highest BCUT2D eigenvalue weighted by molar-refractivity contribution is 5.73. The van der Waals surface area contributed by atoms with Gasteiger partial charge < -0.3 is 14.8 Å². The van der Waals surface area contributed by atoms with Gasteiger partial charge in [-0.3, -0.25) is 4.79 Å². The molecule has 4 heteroatoms. The standard InChI is InChI=1S/C14H25NO3/c1-2-7-15-13-10-17-9-12(13)14(16)18-8-11-5-3-4-6-11/h11-13,15H,2-10H2,1H3. The van der Waals surface area contributed by atoms with Crippen LogP contribution in [0, 0.1) is 11.8 Å². The summed E-state index contributed by atoms with van der Waals surface area (Å²) in [6, 6.07) is 0.140. The smallest absolute Gasteiger partial charge is 0.312 e. The Bertz CT molecular complexity index is 264. The van der Waals surface area contributed by atoms with Crippen LogP contribution in [0.5, 0.6) is 0 Å². The van der Waals surface area contributed by atoms with Crippen molar-refractivity contribution in [1.29, 1.82) is 0 Å². The summed E-state index contributed by atoms with van der Waals surface area (Å²) < 4.78 is 10.9. The van der Waals surface area contributed by atoms with Gasteiger partial charge in [-0.2, -0.15) is 0 Å². The number of rotatable bonds is 6. The second-order valence-corrected chi connectivity index (χ2v) is 5.49. The first-order valence-corrected chi connectivity index (χ1v) is 7.29. The van der Waals surface area contributed by atoms with Gasteiger partial charge >= 0.3 is 5.97 Å². The van der Waals surface area contributed by atoms with E-state index in [1.807, 2.05) is 0 Å². The molecular weight excluding hydrogens is 230 g/mol. The zero-order chi connectivity index (χ0) is 12.8. The minimum Gasteiger partial charge on any atom is -0.465 e. The fourth-order valence-electron chi connectivity index (χ4n) is 2.80. The summed E-state index contributed by atoms with van der Waals surface area (Å²) in [5, 5.41) is 3.36. The summed E-state index contributed by atoms with van der Waals surface area (Å²) in [6.45, 7) is 4.79. The Morgan fingerprint density at radius 1 is 1.33 bits per heavy atom. The van der Waals surface area contributed by atoms with E-state index in [1.54, 1.807) is 0 Å². The quantitative estimate of drug-likeness (QED) is 0.734. The molecule has 2 rings (SSSR count). The second-order valence-electron chi connectivity index (χ2n) is 5.49. The average Bonchev–Trinajstić information content (AvgIpc) is 3.04. The van der Waals surface area contributed by atoms with Crippen molar-refractivity contribution in [3.05, 3.63) is 0 Å². The third-order valence-corrected chi connectivity index (χ3v) is 3.98. The predicted octanol–water partition coefficient (Wildman–Crippen LogP) is 1.73. The highest BCUT2D eigenvalue weighted by Crippen LogP contribution is 2.25. The van der Waals surface area contributed by atoms with Crippen LogP contribution in [0.1, 0.15) is 39.0 Å². The van der Waals surface area contributed by atoms with Crippen LogP contribution in [0.2, 0.25) is 0 Å². The fraction of sp³-hybridized carbons (Fsp3) is 0.929. The van der Waals surface area contributed by atoms with E-state index in [9.17, 15) is 4.79 Å². The van der Waals surface area contributed by atoms with Crippen molar-refractivity contribution in [1.82, 2.24) is 5.32 Å². The lowest BCUT2D eigenvalue weighted by Crippen LogP contribution is -2.40. The molecule has 1 aliphatic carbocycles. The first kappa shape index (κ1) is 13.8. The molecule has 1 saturated carbocycles. The van der Waals surface area contributed by atoms with Gasteiger partial charge in [-0.1, -0.05) is 19.8 Å². The Labute approximate surface area is 109 Å². The minimum atomic E-state index is -0.113. The molecule has 4 nitrogen and oxygen atoms in total. The molecule has 1 heterocycles. The lowest BCUT2D eigenvalue weighted by atomic mass is 10.0. The van der Waals surface area contributed by atoms with Gasteiger partial charge in [-0.05, 0) is 31.7 Å². The molecule has 1 aliphatic heterocycles. The molecule has 1 saturated heterocycles. The molecule has 0 radical (unpaired) electrons. The first-order valence-electron chi connectivity index (χ1n) is 7.29. The van der Waals surface area contributed by atoms with E-state index < -0.39 is 0 Å². The van der Waals surface area contributed by atoms with Crippen LogP contribution >= 0.6 is 0 Å². The molecule has 2 unspecified atom stereocenters. The number of carbonyl (C=O) groups excluding carboxylic acids is 1. The maximum absolute atomic E-state index is 12.0. The number of ether oxygens (including phenoxy) is 2. The minimum absolute atomic E-state index is 0.0759. The van der Waals surface area contributed by atoms with Crippen LogP contribution < -0.4 is 5.32 Å². The van der Waals surface area contributed by atoms with Gasteiger partial charge in [0.15, 0.2) is 0 Å². The van der Waals surface area contributed by atoms with Crippen molar-refractivity contribution < 1.29 is 14.3 Å². The molecular formula is C14H25NO3. The Morgan fingerprint density at radius 3 is 2.83 bits per heavy atom. The SMILES string of the molecule is CCCNC1COCC1C(=O)OCC1CCCC1. The van der Waals surface area contributed by atoms with Gasteiger partial charge in [0.25, 0.3) is 0 Å². The van der Waals surface area contributed by atoms with E-state index in [2.05, 4.69) is 12.2 Å². The molecule has 0 amide bonds. The van der Waals surface area contributed by atoms with E-state index in [1.165, 1.54) is 25.7 Å². The summed E-state index contributed by atoms with van der Waals surface area (Å²) in [6.07, 6.45) is 6.07. The van der Waals surface area contributed by atoms with Crippen molar-refractivity contribution >= 4 is 5.97 Å². The Balaban J connectivity index is 1.72. The van der Waals surface area contributed by atoms with E-state index in [4.69, 9.17) is 9.47 Å². The van der Waals surface area contributed by atoms with Crippen LogP contribution in [0.4, 0.5) is 0 Å². The van der Waals surface area contributed by atoms with E-state index in [-0.39, 0.29) is 17.9 Å². The summed E-state index contributed by atoms with van der Waals surface area (Å²) >= 11 is 0. The Morgan fingerprint density at radius 2 is 2.11 bits per heavy atom. The molecule has 104 valence electrons. The highest BCUT2D eigenvalue weighted by Gasteiger charge is 2.35. The number of carbonyl (C=O) groups is 1. The number of esters is 1. The van der Waals surface area contributed by atoms with Crippen LogP contribution in [-0.2, 0) is 14.3 Å². The lowest BCUT2D eigenvalue weighted by molar-refractivity contribution is -0.150. The maximum atomic E-state index is 12.0. The summed E-state index contributed by atoms with van der Waals surface area (Å²) in [5.41, 5.74) is 0. The fourth-order valence-corrected chi connectivity index (χ4v) is 2.80. The number of hydrogen-bond acceptors (Lipinski definition) is 4. The molecule has 0 aromatic rings. The zero-order valence-electron chi connectivity index (χ0n) is 11.3. The van der Waals surface area contributed by atoms with Crippen LogP contribution in [0.15, 0.2) is 0 Å². The molecule has 0 aromatic carbocycles. The third kappa shape index (κ3) is 3.69. The van der Waals surface area contributed by atoms with E-state index >= 15 is 0 Å². The van der Waals surface area contributed by atoms with E-state index in [0.29, 0.717) is 25.7 Å². The lowest BCUT2D eigenvalue weighted by Gasteiger charge is -2.18. The molecule has 1 N–H and O–H groups in total. The molecule has 0 spiro atoms. The summed E-state index contributed by atoms with van der Waals surface area (Å²) in [4.78, 5) is 12.0. The summed E-state index contributed by atoms with van der Waals surface area (Å²) in [7, 11) is 0. The van der Waals surface area contributed by atoms with Gasteiger partial charge in [0.1, 0.15) is 0 Å². The van der Waals surface area contributed by atoms with Gasteiger partial charge in [0.05, 0.1) is 25.7 Å². The van der Waals surface area contributed by atoms with Gasteiger partial charge in [-0.25, -0.2) is 0 Å². The third-order valence-electron chi connectivity index (χ3n) is 3.98. The molecule has 0 aromatic heterocycles. The molecule has 0 bridgehead atoms. The topological polar surface area (TPSA) is 47.6 Å². The highest BCUT2D eigenvalue weighted by atomic mass is 16.5. The maximum Gasteiger partial charge on any atom is 0.312 e. The van der Waals surface area contributed by atoms with Crippen LogP contribution in [0.25, 0.3) is 0 Å². The normalized spacial score (nSPS) is 28.7. The Hall–Kier alpha value is -0.610. The van der Waals surface area contributed by atoms with Gasteiger partial charge in [-0.15, -0.1) is 0 Å². The van der Waals surface area contributed by atoms with Crippen molar-refractivity contribution in [3.8, 4) is 0 Å². The van der Waals surface area contributed by atoms with Crippen molar-refractivity contribution in [3.63, 3.8) is 0 Å². The molecule has 18 heavy (non-hydrogen) atoms. The largest absolute Gasteiger partial charge is 0.465 e. The first-order chi connectivity index (χ1) is 8.81. The van der Waals surface area contributed by atoms with Crippen molar-refractivity contribution in [2.45, 2.75) is 45.1 Å². The van der Waals surface area contributed by atoms with Gasteiger partial charge in [0, 0.05) is 6.04 Å². The molecule has 2 aliphatic rings. The Kier molecular flexibility index (Phi) is 5.45.